The largest absolute Gasteiger partial charge is 0.506 e. The first-order valence-electron chi connectivity index (χ1n) is 8.15. The first-order chi connectivity index (χ1) is 12.6. The number of phenolic OH excluding ortho intramolecular Hbond substituents is 1. The number of rotatable bonds is 5. The number of aromatic hydroxyl groups is 1. The molecule has 132 valence electrons. The molecule has 0 bridgehead atoms. The van der Waals surface area contributed by atoms with E-state index in [0.717, 1.165) is 16.6 Å². The SMILES string of the molecule is O=c1ccc2c([C@@H](O)CNCc3ccc4n[nH]nc4c3)ccc(O)c2[nH]1. The Morgan fingerprint density at radius 3 is 2.81 bits per heavy atom. The highest BCUT2D eigenvalue weighted by atomic mass is 16.3. The molecule has 0 aliphatic carbocycles. The maximum atomic E-state index is 11.5. The molecule has 26 heavy (non-hydrogen) atoms. The summed E-state index contributed by atoms with van der Waals surface area (Å²) in [6, 6.07) is 11.9. The van der Waals surface area contributed by atoms with Crippen LogP contribution in [0.3, 0.4) is 0 Å². The second-order valence-electron chi connectivity index (χ2n) is 6.08. The van der Waals surface area contributed by atoms with Crippen molar-refractivity contribution in [2.24, 2.45) is 0 Å². The summed E-state index contributed by atoms with van der Waals surface area (Å²) in [4.78, 5) is 14.1. The van der Waals surface area contributed by atoms with E-state index in [1.54, 1.807) is 12.1 Å². The fourth-order valence-electron chi connectivity index (χ4n) is 3.01. The third-order valence-electron chi connectivity index (χ3n) is 4.31. The molecule has 8 heteroatoms. The van der Waals surface area contributed by atoms with Gasteiger partial charge in [-0.15, -0.1) is 0 Å². The van der Waals surface area contributed by atoms with Crippen molar-refractivity contribution in [2.45, 2.75) is 12.6 Å². The van der Waals surface area contributed by atoms with Crippen LogP contribution in [0.25, 0.3) is 21.9 Å². The molecule has 5 N–H and O–H groups in total. The van der Waals surface area contributed by atoms with Gasteiger partial charge in [-0.05, 0) is 35.4 Å². The van der Waals surface area contributed by atoms with Gasteiger partial charge in [0.05, 0.1) is 11.6 Å². The Labute approximate surface area is 147 Å². The normalized spacial score (nSPS) is 12.7. The molecule has 4 aromatic rings. The van der Waals surface area contributed by atoms with E-state index in [9.17, 15) is 15.0 Å². The first kappa shape index (κ1) is 16.2. The number of benzene rings is 2. The minimum Gasteiger partial charge on any atom is -0.506 e. The van der Waals surface area contributed by atoms with Crippen LogP contribution < -0.4 is 10.9 Å². The summed E-state index contributed by atoms with van der Waals surface area (Å²) < 4.78 is 0. The number of aromatic nitrogens is 4. The molecule has 2 aromatic carbocycles. The summed E-state index contributed by atoms with van der Waals surface area (Å²) in [6.07, 6.45) is -0.792. The molecular weight excluding hydrogens is 334 g/mol. The average Bonchev–Trinajstić information content (AvgIpc) is 3.10. The number of fused-ring (bicyclic) bond motifs is 2. The second kappa shape index (κ2) is 6.58. The standard InChI is InChI=1S/C18H17N5O3/c24-15-5-2-11(12-3-6-17(26)20-18(12)15)16(25)9-19-8-10-1-4-13-14(7-10)22-23-21-13/h1-7,16,19,24-25H,8-9H2,(H,20,26)(H,21,22,23)/t16-/m0/s1. The van der Waals surface area contributed by atoms with E-state index >= 15 is 0 Å². The van der Waals surface area contributed by atoms with Crippen molar-refractivity contribution < 1.29 is 10.2 Å². The summed E-state index contributed by atoms with van der Waals surface area (Å²) >= 11 is 0. The molecule has 0 fully saturated rings. The molecule has 0 amide bonds. The number of nitrogens with one attached hydrogen (secondary N) is 3. The molecule has 0 saturated heterocycles. The van der Waals surface area contributed by atoms with Gasteiger partial charge in [-0.25, -0.2) is 0 Å². The predicted molar refractivity (Wildman–Crippen MR) is 96.8 cm³/mol. The summed E-state index contributed by atoms with van der Waals surface area (Å²) in [6.45, 7) is 0.878. The molecule has 0 spiro atoms. The number of aromatic amines is 2. The van der Waals surface area contributed by atoms with Gasteiger partial charge in [0.15, 0.2) is 0 Å². The quantitative estimate of drug-likeness (QED) is 0.369. The number of hydrogen-bond donors (Lipinski definition) is 5. The molecule has 0 aliphatic heterocycles. The monoisotopic (exact) mass is 351 g/mol. The second-order valence-corrected chi connectivity index (χ2v) is 6.08. The van der Waals surface area contributed by atoms with Gasteiger partial charge in [0.1, 0.15) is 16.8 Å². The molecule has 0 radical (unpaired) electrons. The van der Waals surface area contributed by atoms with Gasteiger partial charge in [-0.1, -0.05) is 12.1 Å². The fraction of sp³-hybridized carbons (Fsp3) is 0.167. The van der Waals surface area contributed by atoms with Crippen molar-refractivity contribution in [1.29, 1.82) is 0 Å². The minimum atomic E-state index is -0.792. The van der Waals surface area contributed by atoms with Crippen LogP contribution in [0, 0.1) is 0 Å². The van der Waals surface area contributed by atoms with Crippen molar-refractivity contribution in [3.05, 3.63) is 63.9 Å². The molecule has 0 saturated carbocycles. The summed E-state index contributed by atoms with van der Waals surface area (Å²) in [5.74, 6) is -0.0254. The molecule has 0 aliphatic rings. The number of hydrogen-bond acceptors (Lipinski definition) is 6. The summed E-state index contributed by atoms with van der Waals surface area (Å²) in [7, 11) is 0. The third kappa shape index (κ3) is 3.03. The van der Waals surface area contributed by atoms with Crippen molar-refractivity contribution >= 4 is 21.9 Å². The Bertz CT molecular complexity index is 1130. The van der Waals surface area contributed by atoms with E-state index in [0.29, 0.717) is 29.6 Å². The fourth-order valence-corrected chi connectivity index (χ4v) is 3.01. The zero-order valence-corrected chi connectivity index (χ0v) is 13.7. The van der Waals surface area contributed by atoms with Gasteiger partial charge in [-0.3, -0.25) is 4.79 Å². The van der Waals surface area contributed by atoms with Gasteiger partial charge in [-0.2, -0.15) is 15.4 Å². The number of phenols is 1. The zero-order valence-electron chi connectivity index (χ0n) is 13.7. The average molecular weight is 351 g/mol. The molecule has 2 heterocycles. The van der Waals surface area contributed by atoms with E-state index in [4.69, 9.17) is 0 Å². The van der Waals surface area contributed by atoms with Crippen molar-refractivity contribution in [2.75, 3.05) is 6.54 Å². The molecule has 8 nitrogen and oxygen atoms in total. The van der Waals surface area contributed by atoms with Crippen LogP contribution in [0.15, 0.2) is 47.3 Å². The van der Waals surface area contributed by atoms with Crippen molar-refractivity contribution in [3.8, 4) is 5.75 Å². The number of aliphatic hydroxyl groups excluding tert-OH is 1. The number of nitrogens with zero attached hydrogens (tertiary/aromatic N) is 2. The Hall–Kier alpha value is -3.23. The smallest absolute Gasteiger partial charge is 0.248 e. The highest BCUT2D eigenvalue weighted by molar-refractivity contribution is 5.87. The van der Waals surface area contributed by atoms with Crippen LogP contribution in [0.5, 0.6) is 5.75 Å². The van der Waals surface area contributed by atoms with Gasteiger partial charge >= 0.3 is 0 Å². The molecule has 2 aromatic heterocycles. The van der Waals surface area contributed by atoms with E-state index in [2.05, 4.69) is 25.7 Å². The maximum Gasteiger partial charge on any atom is 0.248 e. The molecular formula is C18H17N5O3. The minimum absolute atomic E-state index is 0.0254. The molecule has 0 unspecified atom stereocenters. The molecule has 4 rings (SSSR count). The number of pyridine rings is 1. The predicted octanol–water partition coefficient (Wildman–Crippen LogP) is 1.33. The van der Waals surface area contributed by atoms with Gasteiger partial charge in [0.25, 0.3) is 0 Å². The van der Waals surface area contributed by atoms with Crippen LogP contribution in [0.4, 0.5) is 0 Å². The van der Waals surface area contributed by atoms with Gasteiger partial charge in [0.2, 0.25) is 5.56 Å². The van der Waals surface area contributed by atoms with Crippen molar-refractivity contribution in [1.82, 2.24) is 25.7 Å². The Kier molecular flexibility index (Phi) is 4.11. The van der Waals surface area contributed by atoms with Gasteiger partial charge in [0, 0.05) is 24.5 Å². The van der Waals surface area contributed by atoms with Crippen LogP contribution in [0.2, 0.25) is 0 Å². The van der Waals surface area contributed by atoms with E-state index < -0.39 is 6.10 Å². The lowest BCUT2D eigenvalue weighted by Gasteiger charge is -2.15. The summed E-state index contributed by atoms with van der Waals surface area (Å²) in [5, 5.41) is 34.9. The van der Waals surface area contributed by atoms with Crippen molar-refractivity contribution in [3.63, 3.8) is 0 Å². The Morgan fingerprint density at radius 1 is 1.08 bits per heavy atom. The first-order valence-corrected chi connectivity index (χ1v) is 8.15. The van der Waals surface area contributed by atoms with Crippen LogP contribution in [0.1, 0.15) is 17.2 Å². The van der Waals surface area contributed by atoms with Crippen LogP contribution in [-0.2, 0) is 6.54 Å². The lowest BCUT2D eigenvalue weighted by Crippen LogP contribution is -2.21. The Morgan fingerprint density at radius 2 is 1.92 bits per heavy atom. The van der Waals surface area contributed by atoms with Gasteiger partial charge < -0.3 is 20.5 Å². The zero-order chi connectivity index (χ0) is 18.1. The Balaban J connectivity index is 1.49. The highest BCUT2D eigenvalue weighted by Crippen LogP contribution is 2.28. The number of H-pyrrole nitrogens is 2. The van der Waals surface area contributed by atoms with E-state index in [1.807, 2.05) is 18.2 Å². The topological polar surface area (TPSA) is 127 Å². The maximum absolute atomic E-state index is 11.5. The van der Waals surface area contributed by atoms with Crippen LogP contribution in [-0.4, -0.2) is 37.2 Å². The number of aliphatic hydroxyl groups is 1. The molecule has 1 atom stereocenters. The van der Waals surface area contributed by atoms with Crippen LogP contribution >= 0.6 is 0 Å². The third-order valence-corrected chi connectivity index (χ3v) is 4.31. The summed E-state index contributed by atoms with van der Waals surface area (Å²) in [5.41, 5.74) is 3.27. The lowest BCUT2D eigenvalue weighted by atomic mass is 10.0. The lowest BCUT2D eigenvalue weighted by molar-refractivity contribution is 0.176. The van der Waals surface area contributed by atoms with E-state index in [1.165, 1.54) is 12.1 Å². The highest BCUT2D eigenvalue weighted by Gasteiger charge is 2.13. The van der Waals surface area contributed by atoms with E-state index in [-0.39, 0.29) is 11.3 Å².